The van der Waals surface area contributed by atoms with Crippen molar-refractivity contribution < 1.29 is 27.8 Å². The minimum Gasteiger partial charge on any atom is -0.492 e. The third-order valence-corrected chi connectivity index (χ3v) is 5.95. The van der Waals surface area contributed by atoms with Crippen molar-refractivity contribution in [3.05, 3.63) is 30.1 Å². The number of rotatable bonds is 7. The van der Waals surface area contributed by atoms with Crippen LogP contribution in [-0.4, -0.2) is 60.3 Å². The molecule has 0 aromatic carbocycles. The summed E-state index contributed by atoms with van der Waals surface area (Å²) >= 11 is 0. The molecule has 0 saturated carbocycles. The number of hydrogen-bond acceptors (Lipinski definition) is 8. The van der Waals surface area contributed by atoms with E-state index in [1.165, 1.54) is 0 Å². The molecule has 192 valence electrons. The van der Waals surface area contributed by atoms with E-state index < -0.39 is 24.0 Å². The van der Waals surface area contributed by atoms with E-state index >= 15 is 0 Å². The fraction of sp³-hybridized carbons (Fsp3) is 0.478. The zero-order chi connectivity index (χ0) is 25.4. The zero-order valence-electron chi connectivity index (χ0n) is 19.8. The topological polar surface area (TPSA) is 112 Å². The molecule has 1 saturated heterocycles. The van der Waals surface area contributed by atoms with Gasteiger partial charge in [0.2, 0.25) is 5.95 Å². The normalized spacial score (nSPS) is 17.6. The number of aliphatic hydroxyl groups is 1. The van der Waals surface area contributed by atoms with Crippen LogP contribution in [0.5, 0.6) is 5.75 Å². The van der Waals surface area contributed by atoms with Crippen molar-refractivity contribution in [2.75, 3.05) is 25.1 Å². The van der Waals surface area contributed by atoms with Crippen molar-refractivity contribution in [1.82, 2.24) is 29.4 Å². The van der Waals surface area contributed by atoms with Crippen molar-refractivity contribution >= 4 is 22.5 Å². The molecule has 2 atom stereocenters. The predicted molar refractivity (Wildman–Crippen MR) is 125 cm³/mol. The van der Waals surface area contributed by atoms with Gasteiger partial charge in [0.25, 0.3) is 0 Å². The summed E-state index contributed by atoms with van der Waals surface area (Å²) in [6.07, 6.45) is -0.319. The van der Waals surface area contributed by atoms with Crippen LogP contribution in [0.2, 0.25) is 0 Å². The number of fused-ring (bicyclic) bond motifs is 3. The van der Waals surface area contributed by atoms with Crippen LogP contribution in [0.15, 0.2) is 24.5 Å². The molecule has 1 unspecified atom stereocenters. The van der Waals surface area contributed by atoms with E-state index in [-0.39, 0.29) is 23.9 Å². The third-order valence-electron chi connectivity index (χ3n) is 5.95. The molecule has 1 fully saturated rings. The summed E-state index contributed by atoms with van der Waals surface area (Å²) in [5.74, 6) is 0.527. The molecule has 2 N–H and O–H groups in total. The molecule has 0 amide bonds. The molecule has 10 nitrogen and oxygen atoms in total. The predicted octanol–water partition coefficient (Wildman–Crippen LogP) is 4.05. The number of aliphatic hydroxyl groups excluding tert-OH is 1. The molecule has 4 aromatic heterocycles. The van der Waals surface area contributed by atoms with Crippen molar-refractivity contribution in [2.24, 2.45) is 0 Å². The minimum absolute atomic E-state index is 0.0211. The Morgan fingerprint density at radius 2 is 2.08 bits per heavy atom. The maximum Gasteiger partial charge on any atom is 0.420 e. The molecule has 0 radical (unpaired) electrons. The van der Waals surface area contributed by atoms with E-state index in [2.05, 4.69) is 25.5 Å². The highest BCUT2D eigenvalue weighted by molar-refractivity contribution is 6.03. The Labute approximate surface area is 204 Å². The number of anilines is 1. The first-order chi connectivity index (χ1) is 17.3. The Hall–Kier alpha value is -3.45. The maximum absolute atomic E-state index is 14.1. The van der Waals surface area contributed by atoms with Gasteiger partial charge in [-0.1, -0.05) is 0 Å². The number of halogens is 3. The highest BCUT2D eigenvalue weighted by Crippen LogP contribution is 2.40. The fourth-order valence-electron chi connectivity index (χ4n) is 4.25. The third kappa shape index (κ3) is 4.44. The summed E-state index contributed by atoms with van der Waals surface area (Å²) in [5.41, 5.74) is -0.446. The van der Waals surface area contributed by atoms with Crippen LogP contribution < -0.4 is 10.1 Å². The summed E-state index contributed by atoms with van der Waals surface area (Å²) in [4.78, 5) is 8.04. The molecule has 4 aromatic rings. The van der Waals surface area contributed by atoms with Gasteiger partial charge in [-0.05, 0) is 45.2 Å². The second-order valence-corrected chi connectivity index (χ2v) is 8.62. The Bertz CT molecular complexity index is 1380. The van der Waals surface area contributed by atoms with Gasteiger partial charge in [-0.15, -0.1) is 5.10 Å². The van der Waals surface area contributed by atoms with Crippen molar-refractivity contribution in [1.29, 1.82) is 0 Å². The van der Waals surface area contributed by atoms with Crippen molar-refractivity contribution in [2.45, 2.75) is 51.6 Å². The molecule has 13 heteroatoms. The van der Waals surface area contributed by atoms with Gasteiger partial charge >= 0.3 is 6.18 Å². The van der Waals surface area contributed by atoms with Gasteiger partial charge in [-0.2, -0.15) is 18.3 Å². The van der Waals surface area contributed by atoms with E-state index in [9.17, 15) is 18.3 Å². The van der Waals surface area contributed by atoms with Crippen LogP contribution in [-0.2, 0) is 10.9 Å². The SMILES string of the molecule is CCOc1ccc2c3c(-c4nc(N[C@@H](C)CO)ncc4C(F)(F)F)nn(C4CCCCO4)c3nn2c1. The lowest BCUT2D eigenvalue weighted by atomic mass is 10.1. The van der Waals surface area contributed by atoms with Crippen LogP contribution in [0.25, 0.3) is 27.9 Å². The first kappa shape index (κ1) is 24.3. The Kier molecular flexibility index (Phi) is 6.43. The summed E-state index contributed by atoms with van der Waals surface area (Å²) in [6, 6.07) is 3.01. The molecule has 0 aliphatic carbocycles. The smallest absolute Gasteiger partial charge is 0.420 e. The standard InChI is InChI=1S/C23H26F3N7O3/c1-3-35-14-7-8-16-18-20(19-15(23(24,25)26)10-27-22(29-19)28-13(2)12-34)30-33(17-6-4-5-9-36-17)21(18)31-32(16)11-14/h7-8,10-11,13,17,34H,3-6,9,12H2,1-2H3,(H,27,28,29)/t13-,17?/m0/s1. The Morgan fingerprint density at radius 1 is 1.25 bits per heavy atom. The average molecular weight is 506 g/mol. The van der Waals surface area contributed by atoms with Crippen LogP contribution in [0, 0.1) is 0 Å². The fourth-order valence-corrected chi connectivity index (χ4v) is 4.25. The minimum atomic E-state index is -4.72. The first-order valence-electron chi connectivity index (χ1n) is 11.8. The molecule has 0 spiro atoms. The molecule has 36 heavy (non-hydrogen) atoms. The molecule has 0 bridgehead atoms. The molecular weight excluding hydrogens is 479 g/mol. The van der Waals surface area contributed by atoms with Crippen molar-refractivity contribution in [3.8, 4) is 17.1 Å². The van der Waals surface area contributed by atoms with Crippen LogP contribution in [0.4, 0.5) is 19.1 Å². The molecule has 5 rings (SSSR count). The number of ether oxygens (including phenoxy) is 2. The maximum atomic E-state index is 14.1. The number of aromatic nitrogens is 6. The molecular formula is C23H26F3N7O3. The monoisotopic (exact) mass is 505 g/mol. The Balaban J connectivity index is 1.77. The molecule has 1 aliphatic rings. The number of alkyl halides is 3. The van der Waals surface area contributed by atoms with Gasteiger partial charge in [0.1, 0.15) is 22.7 Å². The highest BCUT2D eigenvalue weighted by atomic mass is 19.4. The summed E-state index contributed by atoms with van der Waals surface area (Å²) in [6.45, 7) is 4.26. The second-order valence-electron chi connectivity index (χ2n) is 8.62. The summed E-state index contributed by atoms with van der Waals surface area (Å²) < 4.78 is 56.9. The number of nitrogens with one attached hydrogen (secondary N) is 1. The first-order valence-corrected chi connectivity index (χ1v) is 11.8. The summed E-state index contributed by atoms with van der Waals surface area (Å²) in [7, 11) is 0. The van der Waals surface area contributed by atoms with E-state index in [1.807, 2.05) is 6.92 Å². The Morgan fingerprint density at radius 3 is 2.78 bits per heavy atom. The van der Waals surface area contributed by atoms with Crippen LogP contribution >= 0.6 is 0 Å². The van der Waals surface area contributed by atoms with E-state index in [4.69, 9.17) is 9.47 Å². The molecule has 1 aliphatic heterocycles. The van der Waals surface area contributed by atoms with Gasteiger partial charge in [-0.25, -0.2) is 19.2 Å². The highest BCUT2D eigenvalue weighted by Gasteiger charge is 2.38. The largest absolute Gasteiger partial charge is 0.492 e. The van der Waals surface area contributed by atoms with Gasteiger partial charge in [-0.3, -0.25) is 0 Å². The van der Waals surface area contributed by atoms with Gasteiger partial charge in [0.05, 0.1) is 30.3 Å². The quantitative estimate of drug-likeness (QED) is 0.387. The number of pyridine rings is 1. The summed E-state index contributed by atoms with van der Waals surface area (Å²) in [5, 5.41) is 21.8. The van der Waals surface area contributed by atoms with Gasteiger partial charge < -0.3 is 19.9 Å². The van der Waals surface area contributed by atoms with E-state index in [1.54, 1.807) is 34.5 Å². The van der Waals surface area contributed by atoms with Crippen LogP contribution in [0.3, 0.4) is 0 Å². The number of hydrogen-bond donors (Lipinski definition) is 2. The molecule has 5 heterocycles. The number of nitrogens with zero attached hydrogens (tertiary/aromatic N) is 6. The van der Waals surface area contributed by atoms with E-state index in [0.29, 0.717) is 41.9 Å². The second kappa shape index (κ2) is 9.54. The lowest BCUT2D eigenvalue weighted by molar-refractivity contribution is -0.137. The van der Waals surface area contributed by atoms with Crippen molar-refractivity contribution in [3.63, 3.8) is 0 Å². The van der Waals surface area contributed by atoms with E-state index in [0.717, 1.165) is 19.0 Å². The van der Waals surface area contributed by atoms with Gasteiger partial charge in [0.15, 0.2) is 11.9 Å². The lowest BCUT2D eigenvalue weighted by Gasteiger charge is -2.22. The van der Waals surface area contributed by atoms with Gasteiger partial charge in [0, 0.05) is 18.8 Å². The average Bonchev–Trinajstić information content (AvgIpc) is 3.41. The van der Waals surface area contributed by atoms with Crippen LogP contribution in [0.1, 0.15) is 44.9 Å². The zero-order valence-corrected chi connectivity index (χ0v) is 19.8. The lowest BCUT2D eigenvalue weighted by Crippen LogP contribution is -2.22.